The summed E-state index contributed by atoms with van der Waals surface area (Å²) in [6.07, 6.45) is 0.971. The van der Waals surface area contributed by atoms with E-state index in [0.29, 0.717) is 4.64 Å². The Morgan fingerprint density at radius 3 is 2.94 bits per heavy atom. The molecular formula is C13H12BrN3S. The second-order valence-electron chi connectivity index (χ2n) is 4.25. The van der Waals surface area contributed by atoms with Crippen LogP contribution in [0, 0.1) is 4.64 Å². The molecule has 2 heterocycles. The zero-order valence-corrected chi connectivity index (χ0v) is 12.1. The molecular weight excluding hydrogens is 310 g/mol. The Balaban J connectivity index is 2.17. The highest BCUT2D eigenvalue weighted by Crippen LogP contribution is 2.26. The molecule has 92 valence electrons. The molecule has 2 N–H and O–H groups in total. The molecule has 0 atom stereocenters. The van der Waals surface area contributed by atoms with Crippen molar-refractivity contribution in [3.63, 3.8) is 0 Å². The van der Waals surface area contributed by atoms with E-state index in [-0.39, 0.29) is 0 Å². The van der Waals surface area contributed by atoms with Crippen molar-refractivity contribution in [1.29, 1.82) is 0 Å². The Bertz CT molecular complexity index is 651. The summed E-state index contributed by atoms with van der Waals surface area (Å²) in [6.45, 7) is 1.80. The predicted octanol–water partition coefficient (Wildman–Crippen LogP) is 3.21. The van der Waals surface area contributed by atoms with Crippen LogP contribution in [0.15, 0.2) is 28.7 Å². The lowest BCUT2D eigenvalue weighted by Crippen LogP contribution is -2.25. The zero-order valence-electron chi connectivity index (χ0n) is 9.66. The van der Waals surface area contributed by atoms with Crippen LogP contribution in [0.2, 0.25) is 0 Å². The molecule has 0 bridgehead atoms. The molecule has 18 heavy (non-hydrogen) atoms. The van der Waals surface area contributed by atoms with E-state index >= 15 is 0 Å². The molecule has 2 aromatic rings. The average Bonchev–Trinajstić information content (AvgIpc) is 2.39. The Morgan fingerprint density at radius 2 is 2.11 bits per heavy atom. The van der Waals surface area contributed by atoms with Gasteiger partial charge in [-0.1, -0.05) is 46.3 Å². The van der Waals surface area contributed by atoms with Crippen molar-refractivity contribution in [2.45, 2.75) is 13.0 Å². The van der Waals surface area contributed by atoms with Crippen molar-refractivity contribution in [2.75, 3.05) is 6.54 Å². The number of rotatable bonds is 1. The molecule has 0 saturated heterocycles. The first-order chi connectivity index (χ1) is 8.75. The van der Waals surface area contributed by atoms with Gasteiger partial charge in [-0.15, -0.1) is 0 Å². The molecule has 0 radical (unpaired) electrons. The molecule has 0 spiro atoms. The van der Waals surface area contributed by atoms with Crippen molar-refractivity contribution in [3.8, 4) is 11.4 Å². The second kappa shape index (κ2) is 4.91. The molecule has 0 saturated carbocycles. The highest BCUT2D eigenvalue weighted by molar-refractivity contribution is 9.10. The van der Waals surface area contributed by atoms with E-state index in [4.69, 9.17) is 12.2 Å². The molecule has 0 unspecified atom stereocenters. The van der Waals surface area contributed by atoms with Crippen molar-refractivity contribution in [3.05, 3.63) is 44.6 Å². The smallest absolute Gasteiger partial charge is 0.140 e. The summed E-state index contributed by atoms with van der Waals surface area (Å²) >= 11 is 8.93. The maximum Gasteiger partial charge on any atom is 0.140 e. The molecule has 3 rings (SSSR count). The molecule has 5 heteroatoms. The van der Waals surface area contributed by atoms with Gasteiger partial charge in [0.1, 0.15) is 10.5 Å². The van der Waals surface area contributed by atoms with E-state index in [0.717, 1.165) is 40.9 Å². The summed E-state index contributed by atoms with van der Waals surface area (Å²) in [7, 11) is 0. The van der Waals surface area contributed by atoms with E-state index in [1.165, 1.54) is 5.69 Å². The minimum atomic E-state index is 0.696. The van der Waals surface area contributed by atoms with Crippen LogP contribution in [0.25, 0.3) is 11.4 Å². The lowest BCUT2D eigenvalue weighted by molar-refractivity contribution is 0.624. The number of aromatic amines is 1. The predicted molar refractivity (Wildman–Crippen MR) is 78.0 cm³/mol. The summed E-state index contributed by atoms with van der Waals surface area (Å²) in [5.41, 5.74) is 3.39. The third-order valence-electron chi connectivity index (χ3n) is 3.09. The monoisotopic (exact) mass is 321 g/mol. The SMILES string of the molecule is S=c1nc(-c2ccccc2Br)[nH]c2c1CNCC2. The summed E-state index contributed by atoms with van der Waals surface area (Å²) in [4.78, 5) is 7.92. The van der Waals surface area contributed by atoms with Gasteiger partial charge in [0.15, 0.2) is 0 Å². The quantitative estimate of drug-likeness (QED) is 0.792. The van der Waals surface area contributed by atoms with Gasteiger partial charge in [-0.3, -0.25) is 0 Å². The van der Waals surface area contributed by atoms with Gasteiger partial charge >= 0.3 is 0 Å². The lowest BCUT2D eigenvalue weighted by Gasteiger charge is -2.18. The van der Waals surface area contributed by atoms with Crippen LogP contribution in [0.1, 0.15) is 11.3 Å². The number of fused-ring (bicyclic) bond motifs is 1. The minimum Gasteiger partial charge on any atom is -0.343 e. The standard InChI is InChI=1S/C13H12BrN3S/c14-10-4-2-1-3-8(10)12-16-11-5-6-15-7-9(11)13(18)17-12/h1-4,15H,5-7H2,(H,16,17,18). The summed E-state index contributed by atoms with van der Waals surface area (Å²) in [6, 6.07) is 8.03. The molecule has 0 aliphatic carbocycles. The number of hydrogen-bond donors (Lipinski definition) is 2. The van der Waals surface area contributed by atoms with Gasteiger partial charge in [0.25, 0.3) is 0 Å². The van der Waals surface area contributed by atoms with Crippen molar-refractivity contribution in [2.24, 2.45) is 0 Å². The van der Waals surface area contributed by atoms with Crippen LogP contribution in [-0.4, -0.2) is 16.5 Å². The number of nitrogens with zero attached hydrogens (tertiary/aromatic N) is 1. The molecule has 0 amide bonds. The maximum absolute atomic E-state index is 5.38. The van der Waals surface area contributed by atoms with Gasteiger partial charge < -0.3 is 10.3 Å². The molecule has 1 aromatic carbocycles. The molecule has 0 fully saturated rings. The number of H-pyrrole nitrogens is 1. The van der Waals surface area contributed by atoms with Crippen molar-refractivity contribution in [1.82, 2.24) is 15.3 Å². The first-order valence-corrected chi connectivity index (χ1v) is 7.03. The van der Waals surface area contributed by atoms with Gasteiger partial charge in [-0.05, 0) is 6.07 Å². The molecule has 1 aliphatic rings. The first kappa shape index (κ1) is 12.0. The van der Waals surface area contributed by atoms with E-state index in [2.05, 4.69) is 31.2 Å². The number of hydrogen-bond acceptors (Lipinski definition) is 3. The lowest BCUT2D eigenvalue weighted by atomic mass is 10.1. The number of halogens is 1. The first-order valence-electron chi connectivity index (χ1n) is 5.83. The van der Waals surface area contributed by atoms with Crippen LogP contribution in [0.3, 0.4) is 0 Å². The third kappa shape index (κ3) is 2.13. The Kier molecular flexibility index (Phi) is 3.28. The average molecular weight is 322 g/mol. The summed E-state index contributed by atoms with van der Waals surface area (Å²) in [5, 5.41) is 3.32. The van der Waals surface area contributed by atoms with Crippen LogP contribution in [-0.2, 0) is 13.0 Å². The van der Waals surface area contributed by atoms with Gasteiger partial charge in [0, 0.05) is 40.8 Å². The Hall–Kier alpha value is -1.04. The molecule has 3 nitrogen and oxygen atoms in total. The topological polar surface area (TPSA) is 40.7 Å². The van der Waals surface area contributed by atoms with Gasteiger partial charge in [-0.25, -0.2) is 4.98 Å². The highest BCUT2D eigenvalue weighted by Gasteiger charge is 2.14. The number of aromatic nitrogens is 2. The number of benzene rings is 1. The van der Waals surface area contributed by atoms with Crippen LogP contribution in [0.5, 0.6) is 0 Å². The van der Waals surface area contributed by atoms with Crippen molar-refractivity contribution >= 4 is 28.1 Å². The largest absolute Gasteiger partial charge is 0.343 e. The van der Waals surface area contributed by atoms with Gasteiger partial charge in [-0.2, -0.15) is 0 Å². The maximum atomic E-state index is 5.38. The Labute approximate surface area is 119 Å². The van der Waals surface area contributed by atoms with E-state index < -0.39 is 0 Å². The minimum absolute atomic E-state index is 0.696. The van der Waals surface area contributed by atoms with Crippen LogP contribution in [0.4, 0.5) is 0 Å². The fourth-order valence-electron chi connectivity index (χ4n) is 2.15. The fraction of sp³-hybridized carbons (Fsp3) is 0.231. The van der Waals surface area contributed by atoms with Crippen molar-refractivity contribution < 1.29 is 0 Å². The molecule has 1 aliphatic heterocycles. The van der Waals surface area contributed by atoms with E-state index in [1.54, 1.807) is 0 Å². The van der Waals surface area contributed by atoms with Crippen LogP contribution >= 0.6 is 28.1 Å². The normalized spacial score (nSPS) is 14.3. The summed E-state index contributed by atoms with van der Waals surface area (Å²) < 4.78 is 1.72. The highest BCUT2D eigenvalue weighted by atomic mass is 79.9. The van der Waals surface area contributed by atoms with Crippen LogP contribution < -0.4 is 5.32 Å². The fourth-order valence-corrected chi connectivity index (χ4v) is 2.91. The second-order valence-corrected chi connectivity index (χ2v) is 5.50. The van der Waals surface area contributed by atoms with E-state index in [1.807, 2.05) is 24.3 Å². The van der Waals surface area contributed by atoms with Gasteiger partial charge in [0.05, 0.1) is 0 Å². The number of nitrogens with one attached hydrogen (secondary N) is 2. The van der Waals surface area contributed by atoms with Gasteiger partial charge in [0.2, 0.25) is 0 Å². The zero-order chi connectivity index (χ0) is 12.5. The third-order valence-corrected chi connectivity index (χ3v) is 4.12. The van der Waals surface area contributed by atoms with E-state index in [9.17, 15) is 0 Å². The molecule has 1 aromatic heterocycles. The summed E-state index contributed by atoms with van der Waals surface area (Å²) in [5.74, 6) is 0.841. The Morgan fingerprint density at radius 1 is 1.28 bits per heavy atom.